The Morgan fingerprint density at radius 2 is 2.06 bits per heavy atom. The third kappa shape index (κ3) is 2.55. The molecule has 0 aromatic heterocycles. The number of anilines is 1. The Labute approximate surface area is 97.3 Å². The van der Waals surface area contributed by atoms with Gasteiger partial charge in [0, 0.05) is 0 Å². The van der Waals surface area contributed by atoms with Crippen molar-refractivity contribution < 1.29 is 22.7 Å². The van der Waals surface area contributed by atoms with E-state index in [2.05, 4.69) is 4.72 Å². The summed E-state index contributed by atoms with van der Waals surface area (Å²) in [5.74, 6) is -2.35. The fourth-order valence-corrected chi connectivity index (χ4v) is 2.76. The first-order valence-corrected chi connectivity index (χ1v) is 6.49. The Kier molecular flexibility index (Phi) is 2.78. The molecule has 1 aromatic carbocycles. The summed E-state index contributed by atoms with van der Waals surface area (Å²) in [5.41, 5.74) is -0.446. The van der Waals surface area contributed by atoms with Gasteiger partial charge < -0.3 is 5.11 Å². The third-order valence-corrected chi connectivity index (χ3v) is 4.29. The smallest absolute Gasteiger partial charge is 0.338 e. The van der Waals surface area contributed by atoms with E-state index in [-0.39, 0.29) is 5.69 Å². The first kappa shape index (κ1) is 11.8. The van der Waals surface area contributed by atoms with Gasteiger partial charge in [-0.1, -0.05) is 0 Å². The molecule has 5 nitrogen and oxygen atoms in total. The fraction of sp³-hybridized carbons (Fsp3) is 0.300. The number of carboxylic acid groups (broad SMARTS) is 1. The van der Waals surface area contributed by atoms with Crippen LogP contribution < -0.4 is 4.72 Å². The van der Waals surface area contributed by atoms with Gasteiger partial charge in [-0.3, -0.25) is 4.72 Å². The lowest BCUT2D eigenvalue weighted by molar-refractivity contribution is 0.0692. The normalized spacial score (nSPS) is 15.6. The number of halogens is 1. The van der Waals surface area contributed by atoms with Crippen molar-refractivity contribution in [2.24, 2.45) is 0 Å². The second-order valence-electron chi connectivity index (χ2n) is 3.85. The van der Waals surface area contributed by atoms with Gasteiger partial charge >= 0.3 is 5.97 Å². The largest absolute Gasteiger partial charge is 0.478 e. The number of carbonyl (C=O) groups is 1. The summed E-state index contributed by atoms with van der Waals surface area (Å²) < 4.78 is 38.6. The van der Waals surface area contributed by atoms with Gasteiger partial charge in [-0.05, 0) is 31.0 Å². The molecule has 1 aromatic rings. The summed E-state index contributed by atoms with van der Waals surface area (Å²) in [4.78, 5) is 10.6. The van der Waals surface area contributed by atoms with Crippen molar-refractivity contribution in [1.29, 1.82) is 0 Å². The second-order valence-corrected chi connectivity index (χ2v) is 5.81. The van der Waals surface area contributed by atoms with Crippen molar-refractivity contribution in [1.82, 2.24) is 0 Å². The molecule has 0 saturated heterocycles. The molecular formula is C10H10FNO4S. The molecule has 0 amide bonds. The van der Waals surface area contributed by atoms with E-state index in [1.807, 2.05) is 0 Å². The van der Waals surface area contributed by atoms with Gasteiger partial charge in [0.1, 0.15) is 5.82 Å². The molecule has 0 unspecified atom stereocenters. The summed E-state index contributed by atoms with van der Waals surface area (Å²) in [6, 6.07) is 3.12. The lowest BCUT2D eigenvalue weighted by atomic mass is 10.2. The zero-order valence-corrected chi connectivity index (χ0v) is 9.50. The minimum Gasteiger partial charge on any atom is -0.478 e. The topological polar surface area (TPSA) is 83.5 Å². The molecule has 92 valence electrons. The number of sulfonamides is 1. The Hall–Kier alpha value is -1.63. The van der Waals surface area contributed by atoms with Crippen LogP contribution in [-0.4, -0.2) is 24.7 Å². The Balaban J connectivity index is 2.23. The second kappa shape index (κ2) is 3.99. The van der Waals surface area contributed by atoms with Crippen molar-refractivity contribution >= 4 is 21.7 Å². The van der Waals surface area contributed by atoms with Crippen LogP contribution in [0, 0.1) is 5.82 Å². The van der Waals surface area contributed by atoms with Crippen LogP contribution in [0.1, 0.15) is 23.2 Å². The molecule has 7 heteroatoms. The summed E-state index contributed by atoms with van der Waals surface area (Å²) in [5, 5.41) is 8.20. The molecule has 0 radical (unpaired) electrons. The van der Waals surface area contributed by atoms with Crippen molar-refractivity contribution in [2.75, 3.05) is 4.72 Å². The third-order valence-electron chi connectivity index (χ3n) is 2.42. The molecule has 1 saturated carbocycles. The van der Waals surface area contributed by atoms with E-state index in [0.717, 1.165) is 12.1 Å². The summed E-state index contributed by atoms with van der Waals surface area (Å²) in [6.07, 6.45) is 1.20. The van der Waals surface area contributed by atoms with Gasteiger partial charge in [-0.15, -0.1) is 0 Å². The van der Waals surface area contributed by atoms with Gasteiger partial charge in [-0.2, -0.15) is 0 Å². The Morgan fingerprint density at radius 1 is 1.41 bits per heavy atom. The molecule has 1 fully saturated rings. The zero-order valence-electron chi connectivity index (χ0n) is 8.68. The maximum atomic E-state index is 13.3. The van der Waals surface area contributed by atoms with Crippen LogP contribution in [0.3, 0.4) is 0 Å². The highest BCUT2D eigenvalue weighted by molar-refractivity contribution is 7.93. The van der Waals surface area contributed by atoms with Crippen LogP contribution in [-0.2, 0) is 10.0 Å². The zero-order chi connectivity index (χ0) is 12.6. The number of benzene rings is 1. The molecule has 1 aliphatic carbocycles. The SMILES string of the molecule is O=C(O)c1ccc(NS(=O)(=O)C2CC2)cc1F. The van der Waals surface area contributed by atoms with Gasteiger partial charge in [0.15, 0.2) is 0 Å². The van der Waals surface area contributed by atoms with Gasteiger partial charge in [0.2, 0.25) is 10.0 Å². The summed E-state index contributed by atoms with van der Waals surface area (Å²) in [6.45, 7) is 0. The number of hydrogen-bond donors (Lipinski definition) is 2. The first-order chi connectivity index (χ1) is 7.90. The standard InChI is InChI=1S/C10H10FNO4S/c11-9-5-6(1-4-8(9)10(13)14)12-17(15,16)7-2-3-7/h1,4-5,7,12H,2-3H2,(H,13,14). The average Bonchev–Trinajstić information content (AvgIpc) is 2.98. The highest BCUT2D eigenvalue weighted by Crippen LogP contribution is 2.29. The predicted molar refractivity (Wildman–Crippen MR) is 58.9 cm³/mol. The van der Waals surface area contributed by atoms with E-state index in [9.17, 15) is 17.6 Å². The molecule has 2 rings (SSSR count). The minimum atomic E-state index is -3.45. The summed E-state index contributed by atoms with van der Waals surface area (Å²) in [7, 11) is -3.45. The quantitative estimate of drug-likeness (QED) is 0.856. The van der Waals surface area contributed by atoms with Crippen LogP contribution in [0.2, 0.25) is 0 Å². The monoisotopic (exact) mass is 259 g/mol. The molecule has 0 spiro atoms. The number of aromatic carboxylic acids is 1. The predicted octanol–water partition coefficient (Wildman–Crippen LogP) is 1.43. The molecule has 1 aliphatic rings. The van der Waals surface area contributed by atoms with E-state index >= 15 is 0 Å². The van der Waals surface area contributed by atoms with Crippen LogP contribution >= 0.6 is 0 Å². The number of hydrogen-bond acceptors (Lipinski definition) is 3. The van der Waals surface area contributed by atoms with E-state index in [4.69, 9.17) is 5.11 Å². The van der Waals surface area contributed by atoms with Crippen LogP contribution in [0.15, 0.2) is 18.2 Å². The maximum absolute atomic E-state index is 13.3. The fourth-order valence-electron chi connectivity index (χ4n) is 1.38. The van der Waals surface area contributed by atoms with Crippen molar-refractivity contribution in [3.63, 3.8) is 0 Å². The average molecular weight is 259 g/mol. The number of carboxylic acids is 1. The van der Waals surface area contributed by atoms with Crippen LogP contribution in [0.5, 0.6) is 0 Å². The van der Waals surface area contributed by atoms with E-state index < -0.39 is 32.6 Å². The molecule has 2 N–H and O–H groups in total. The molecule has 0 atom stereocenters. The number of rotatable bonds is 4. The van der Waals surface area contributed by atoms with Gasteiger partial charge in [0.05, 0.1) is 16.5 Å². The van der Waals surface area contributed by atoms with Crippen LogP contribution in [0.25, 0.3) is 0 Å². The van der Waals surface area contributed by atoms with Gasteiger partial charge in [-0.25, -0.2) is 17.6 Å². The van der Waals surface area contributed by atoms with E-state index in [1.54, 1.807) is 0 Å². The highest BCUT2D eigenvalue weighted by atomic mass is 32.2. The van der Waals surface area contributed by atoms with Crippen LogP contribution in [0.4, 0.5) is 10.1 Å². The summed E-state index contributed by atoms with van der Waals surface area (Å²) >= 11 is 0. The lowest BCUT2D eigenvalue weighted by Crippen LogP contribution is -2.17. The molecule has 0 heterocycles. The molecular weight excluding hydrogens is 249 g/mol. The van der Waals surface area contributed by atoms with Gasteiger partial charge in [0.25, 0.3) is 0 Å². The van der Waals surface area contributed by atoms with Crippen molar-refractivity contribution in [3.8, 4) is 0 Å². The lowest BCUT2D eigenvalue weighted by Gasteiger charge is -2.07. The molecule has 0 aliphatic heterocycles. The Bertz CT molecular complexity index is 566. The number of nitrogens with one attached hydrogen (secondary N) is 1. The first-order valence-electron chi connectivity index (χ1n) is 4.94. The molecule has 0 bridgehead atoms. The maximum Gasteiger partial charge on any atom is 0.338 e. The minimum absolute atomic E-state index is 0.0411. The molecule has 17 heavy (non-hydrogen) atoms. The van der Waals surface area contributed by atoms with E-state index in [0.29, 0.717) is 12.8 Å². The van der Waals surface area contributed by atoms with Crippen molar-refractivity contribution in [2.45, 2.75) is 18.1 Å². The highest BCUT2D eigenvalue weighted by Gasteiger charge is 2.35. The van der Waals surface area contributed by atoms with Crippen molar-refractivity contribution in [3.05, 3.63) is 29.6 Å². The Morgan fingerprint density at radius 3 is 2.53 bits per heavy atom. The van der Waals surface area contributed by atoms with E-state index in [1.165, 1.54) is 6.07 Å².